The number of aromatic nitrogens is 3. The number of nitrogens with zero attached hydrogens (tertiary/aromatic N) is 4. The first-order chi connectivity index (χ1) is 10.4. The van der Waals surface area contributed by atoms with E-state index in [9.17, 15) is 0 Å². The summed E-state index contributed by atoms with van der Waals surface area (Å²) in [4.78, 5) is 6.40. The number of anilines is 2. The molecule has 1 aliphatic rings. The van der Waals surface area contributed by atoms with Gasteiger partial charge in [0.2, 0.25) is 5.82 Å². The summed E-state index contributed by atoms with van der Waals surface area (Å²) in [5.41, 5.74) is 1.05. The smallest absolute Gasteiger partial charge is 0.271 e. The third-order valence-electron chi connectivity index (χ3n) is 3.31. The third-order valence-corrected chi connectivity index (χ3v) is 3.82. The van der Waals surface area contributed by atoms with E-state index in [0.717, 1.165) is 43.4 Å². The summed E-state index contributed by atoms with van der Waals surface area (Å²) in [6.45, 7) is 4.25. The minimum absolute atomic E-state index is 0.460. The van der Waals surface area contributed by atoms with Crippen LogP contribution in [0.1, 0.15) is 5.56 Å². The molecule has 0 spiro atoms. The first kappa shape index (κ1) is 14.0. The monoisotopic (exact) mass is 306 g/mol. The summed E-state index contributed by atoms with van der Waals surface area (Å²) < 4.78 is 14.5. The normalized spacial score (nSPS) is 15.0. The number of rotatable bonds is 5. The lowest BCUT2D eigenvalue weighted by Crippen LogP contribution is -2.43. The molecule has 0 saturated carbocycles. The zero-order valence-electron chi connectivity index (χ0n) is 11.9. The Labute approximate surface area is 127 Å². The van der Waals surface area contributed by atoms with E-state index in [1.807, 2.05) is 19.2 Å². The van der Waals surface area contributed by atoms with Gasteiger partial charge in [0.25, 0.3) is 5.88 Å². The molecule has 0 atom stereocenters. The Morgan fingerprint density at radius 1 is 1.38 bits per heavy atom. The molecule has 0 unspecified atom stereocenters. The SMILES string of the molecule is CNc1cc(COc2nsnc2N2CCNCC2)ccn1. The molecule has 112 valence electrons. The molecule has 1 saturated heterocycles. The van der Waals surface area contributed by atoms with Crippen LogP contribution in [0.25, 0.3) is 0 Å². The Morgan fingerprint density at radius 2 is 2.24 bits per heavy atom. The average molecular weight is 306 g/mol. The van der Waals surface area contributed by atoms with Gasteiger partial charge in [-0.1, -0.05) is 0 Å². The third kappa shape index (κ3) is 3.40. The molecule has 0 aliphatic carbocycles. The Hall–Kier alpha value is -1.93. The first-order valence-electron chi connectivity index (χ1n) is 6.90. The van der Waals surface area contributed by atoms with Crippen LogP contribution in [-0.4, -0.2) is 47.0 Å². The topological polar surface area (TPSA) is 75.2 Å². The molecule has 2 aromatic heterocycles. The van der Waals surface area contributed by atoms with Crippen LogP contribution < -0.4 is 20.3 Å². The molecule has 3 rings (SSSR count). The number of ether oxygens (including phenoxy) is 1. The number of pyridine rings is 1. The zero-order chi connectivity index (χ0) is 14.5. The molecular formula is C13H18N6OS. The highest BCUT2D eigenvalue weighted by Crippen LogP contribution is 2.26. The van der Waals surface area contributed by atoms with Gasteiger partial charge in [-0.25, -0.2) is 4.98 Å². The van der Waals surface area contributed by atoms with Crippen molar-refractivity contribution < 1.29 is 4.74 Å². The van der Waals surface area contributed by atoms with Gasteiger partial charge in [-0.15, -0.1) is 4.37 Å². The van der Waals surface area contributed by atoms with Crippen LogP contribution >= 0.6 is 11.7 Å². The quantitative estimate of drug-likeness (QED) is 0.852. The van der Waals surface area contributed by atoms with Gasteiger partial charge in [0.15, 0.2) is 0 Å². The Morgan fingerprint density at radius 3 is 3.05 bits per heavy atom. The lowest BCUT2D eigenvalue weighted by Gasteiger charge is -2.27. The van der Waals surface area contributed by atoms with Crippen molar-refractivity contribution in [2.75, 3.05) is 43.4 Å². The highest BCUT2D eigenvalue weighted by molar-refractivity contribution is 6.99. The van der Waals surface area contributed by atoms with Crippen molar-refractivity contribution >= 4 is 23.4 Å². The molecule has 0 bridgehead atoms. The molecule has 2 N–H and O–H groups in total. The van der Waals surface area contributed by atoms with Crippen LogP contribution in [0.15, 0.2) is 18.3 Å². The second-order valence-corrected chi connectivity index (χ2v) is 5.25. The maximum atomic E-state index is 5.84. The number of nitrogens with one attached hydrogen (secondary N) is 2. The molecule has 0 radical (unpaired) electrons. The summed E-state index contributed by atoms with van der Waals surface area (Å²) in [6.07, 6.45) is 1.76. The van der Waals surface area contributed by atoms with E-state index in [1.54, 1.807) is 6.20 Å². The standard InChI is InChI=1S/C13H18N6OS/c1-14-11-8-10(2-3-16-11)9-20-13-12(17-21-18-13)19-6-4-15-5-7-19/h2-3,8,15H,4-7,9H2,1H3,(H,14,16). The van der Waals surface area contributed by atoms with Gasteiger partial charge in [-0.2, -0.15) is 4.37 Å². The molecule has 8 heteroatoms. The van der Waals surface area contributed by atoms with Crippen LogP contribution in [0, 0.1) is 0 Å². The molecule has 21 heavy (non-hydrogen) atoms. The molecule has 3 heterocycles. The van der Waals surface area contributed by atoms with Crippen molar-refractivity contribution in [3.05, 3.63) is 23.9 Å². The molecule has 7 nitrogen and oxygen atoms in total. The maximum absolute atomic E-state index is 5.84. The van der Waals surface area contributed by atoms with Gasteiger partial charge in [-0.3, -0.25) is 0 Å². The van der Waals surface area contributed by atoms with Gasteiger partial charge >= 0.3 is 0 Å². The Bertz CT molecular complexity index is 584. The highest BCUT2D eigenvalue weighted by atomic mass is 32.1. The molecule has 0 amide bonds. The molecule has 1 fully saturated rings. The lowest BCUT2D eigenvalue weighted by molar-refractivity contribution is 0.296. The molecule has 0 aromatic carbocycles. The number of hydrogen-bond acceptors (Lipinski definition) is 8. The summed E-state index contributed by atoms with van der Waals surface area (Å²) in [5.74, 6) is 2.30. The van der Waals surface area contributed by atoms with Gasteiger partial charge in [0.1, 0.15) is 12.4 Å². The van der Waals surface area contributed by atoms with Crippen molar-refractivity contribution in [1.29, 1.82) is 0 Å². The van der Waals surface area contributed by atoms with E-state index in [1.165, 1.54) is 11.7 Å². The fourth-order valence-corrected chi connectivity index (χ4v) is 2.71. The maximum Gasteiger partial charge on any atom is 0.271 e. The van der Waals surface area contributed by atoms with Crippen LogP contribution in [0.5, 0.6) is 5.88 Å². The molecule has 2 aromatic rings. The van der Waals surface area contributed by atoms with E-state index in [-0.39, 0.29) is 0 Å². The van der Waals surface area contributed by atoms with Crippen LogP contribution in [0.4, 0.5) is 11.6 Å². The predicted octanol–water partition coefficient (Wildman–Crippen LogP) is 0.963. The average Bonchev–Trinajstić information content (AvgIpc) is 3.02. The zero-order valence-corrected chi connectivity index (χ0v) is 12.7. The van der Waals surface area contributed by atoms with E-state index in [2.05, 4.69) is 29.3 Å². The highest BCUT2D eigenvalue weighted by Gasteiger charge is 2.19. The van der Waals surface area contributed by atoms with Gasteiger partial charge in [-0.05, 0) is 17.7 Å². The van der Waals surface area contributed by atoms with Crippen LogP contribution in [-0.2, 0) is 6.61 Å². The second-order valence-electron chi connectivity index (χ2n) is 4.72. The minimum Gasteiger partial charge on any atom is -0.470 e. The fraction of sp³-hybridized carbons (Fsp3) is 0.462. The first-order valence-corrected chi connectivity index (χ1v) is 7.63. The minimum atomic E-state index is 0.460. The van der Waals surface area contributed by atoms with Gasteiger partial charge in [0.05, 0.1) is 11.7 Å². The van der Waals surface area contributed by atoms with E-state index >= 15 is 0 Å². The molecule has 1 aliphatic heterocycles. The predicted molar refractivity (Wildman–Crippen MR) is 83.1 cm³/mol. The van der Waals surface area contributed by atoms with Crippen molar-refractivity contribution in [2.24, 2.45) is 0 Å². The van der Waals surface area contributed by atoms with E-state index < -0.39 is 0 Å². The van der Waals surface area contributed by atoms with Crippen molar-refractivity contribution in [1.82, 2.24) is 19.0 Å². The number of hydrogen-bond donors (Lipinski definition) is 2. The Balaban J connectivity index is 1.66. The summed E-state index contributed by atoms with van der Waals surface area (Å²) in [6, 6.07) is 3.90. The summed E-state index contributed by atoms with van der Waals surface area (Å²) >= 11 is 1.19. The fourth-order valence-electron chi connectivity index (χ4n) is 2.19. The molecular weight excluding hydrogens is 288 g/mol. The van der Waals surface area contributed by atoms with Gasteiger partial charge in [0, 0.05) is 39.4 Å². The lowest BCUT2D eigenvalue weighted by atomic mass is 10.3. The summed E-state index contributed by atoms with van der Waals surface area (Å²) in [5, 5.41) is 6.34. The largest absolute Gasteiger partial charge is 0.470 e. The van der Waals surface area contributed by atoms with Gasteiger partial charge < -0.3 is 20.3 Å². The van der Waals surface area contributed by atoms with Crippen LogP contribution in [0.3, 0.4) is 0 Å². The van der Waals surface area contributed by atoms with E-state index in [0.29, 0.717) is 12.5 Å². The van der Waals surface area contributed by atoms with Crippen LogP contribution in [0.2, 0.25) is 0 Å². The second kappa shape index (κ2) is 6.68. The summed E-state index contributed by atoms with van der Waals surface area (Å²) in [7, 11) is 1.85. The van der Waals surface area contributed by atoms with Crippen molar-refractivity contribution in [3.63, 3.8) is 0 Å². The van der Waals surface area contributed by atoms with Crippen molar-refractivity contribution in [2.45, 2.75) is 6.61 Å². The van der Waals surface area contributed by atoms with Crippen molar-refractivity contribution in [3.8, 4) is 5.88 Å². The van der Waals surface area contributed by atoms with E-state index in [4.69, 9.17) is 4.74 Å². The Kier molecular flexibility index (Phi) is 4.46. The number of piperazine rings is 1.